The lowest BCUT2D eigenvalue weighted by molar-refractivity contribution is 0.0174. The van der Waals surface area contributed by atoms with Crippen LogP contribution in [0.15, 0.2) is 55.0 Å². The summed E-state index contributed by atoms with van der Waals surface area (Å²) in [6.45, 7) is 0.846. The summed E-state index contributed by atoms with van der Waals surface area (Å²) in [5.74, 6) is -4.32. The average molecular weight is 433 g/mol. The van der Waals surface area contributed by atoms with Crippen LogP contribution in [0.5, 0.6) is 0 Å². The number of Topliss-reactive ketones (excluding diaryl/α,β-unsaturated/α-hetero) is 1. The van der Waals surface area contributed by atoms with E-state index in [-0.39, 0.29) is 11.1 Å². The Hall–Kier alpha value is -2.91. The molecular weight excluding hydrogens is 412 g/mol. The number of aromatic nitrogens is 2. The number of imidazole rings is 1. The van der Waals surface area contributed by atoms with Gasteiger partial charge in [-0.05, 0) is 23.6 Å². The molecule has 2 N–H and O–H groups in total. The van der Waals surface area contributed by atoms with Gasteiger partial charge in [0.15, 0.2) is 5.78 Å². The van der Waals surface area contributed by atoms with Crippen LogP contribution >= 0.6 is 0 Å². The molecule has 3 rings (SSSR count). The molecule has 0 saturated carbocycles. The van der Waals surface area contributed by atoms with E-state index in [0.717, 1.165) is 18.1 Å². The Morgan fingerprint density at radius 2 is 1.83 bits per heavy atom. The Kier molecular flexibility index (Phi) is 5.87. The first-order valence-electron chi connectivity index (χ1n) is 9.04. The number of aryl methyl sites for hydroxylation is 1. The van der Waals surface area contributed by atoms with Crippen LogP contribution in [0.25, 0.3) is 11.3 Å². The summed E-state index contributed by atoms with van der Waals surface area (Å²) in [7, 11) is -2.15. The van der Waals surface area contributed by atoms with Crippen molar-refractivity contribution in [3.63, 3.8) is 0 Å². The molecule has 0 atom stereocenters. The second-order valence-electron chi connectivity index (χ2n) is 7.29. The predicted molar refractivity (Wildman–Crippen MR) is 110 cm³/mol. The number of carbonyl (C=O) groups excluding carboxylic acids is 1. The molecule has 2 aromatic carbocycles. The monoisotopic (exact) mass is 433 g/mol. The van der Waals surface area contributed by atoms with E-state index in [4.69, 9.17) is 5.14 Å². The quantitative estimate of drug-likeness (QED) is 0.579. The number of hydrogen-bond acceptors (Lipinski definition) is 4. The molecule has 1 heterocycles. The lowest BCUT2D eigenvalue weighted by Gasteiger charge is -2.13. The molecule has 0 aliphatic heterocycles. The Bertz CT molecular complexity index is 1180. The zero-order chi connectivity index (χ0) is 22.1. The van der Waals surface area contributed by atoms with Crippen molar-refractivity contribution in [2.75, 3.05) is 5.75 Å². The first-order valence-corrected chi connectivity index (χ1v) is 10.8. The molecule has 0 saturated heterocycles. The molecule has 3 aromatic rings. The third kappa shape index (κ3) is 5.37. The summed E-state index contributed by atoms with van der Waals surface area (Å²) >= 11 is 0. The highest BCUT2D eigenvalue weighted by atomic mass is 32.2. The minimum absolute atomic E-state index is 0.0693. The summed E-state index contributed by atoms with van der Waals surface area (Å²) in [4.78, 5) is 16.6. The van der Waals surface area contributed by atoms with Gasteiger partial charge in [0.2, 0.25) is 10.0 Å². The summed E-state index contributed by atoms with van der Waals surface area (Å²) in [6, 6.07) is 10.9. The van der Waals surface area contributed by atoms with Gasteiger partial charge in [0.1, 0.15) is 5.75 Å². The highest BCUT2D eigenvalue weighted by Crippen LogP contribution is 2.29. The van der Waals surface area contributed by atoms with Gasteiger partial charge in [0.05, 0.1) is 12.0 Å². The van der Waals surface area contributed by atoms with Gasteiger partial charge in [-0.1, -0.05) is 36.4 Å². The molecule has 158 valence electrons. The lowest BCUT2D eigenvalue weighted by atomic mass is 9.94. The molecule has 0 unspecified atom stereocenters. The van der Waals surface area contributed by atoms with Gasteiger partial charge in [-0.2, -0.15) is 0 Å². The van der Waals surface area contributed by atoms with E-state index in [1.54, 1.807) is 48.4 Å². The summed E-state index contributed by atoms with van der Waals surface area (Å²) < 4.78 is 51.2. The number of rotatable bonds is 7. The number of nitrogens with zero attached hydrogens (tertiary/aromatic N) is 2. The van der Waals surface area contributed by atoms with Crippen LogP contribution in [0, 0.1) is 0 Å². The third-order valence-electron chi connectivity index (χ3n) is 4.60. The van der Waals surface area contributed by atoms with Gasteiger partial charge in [0, 0.05) is 36.9 Å². The van der Waals surface area contributed by atoms with Crippen LogP contribution in [0.1, 0.15) is 34.0 Å². The average Bonchev–Trinajstić information content (AvgIpc) is 3.06. The van der Waals surface area contributed by atoms with Gasteiger partial charge in [0.25, 0.3) is 5.92 Å². The molecule has 0 aliphatic rings. The maximum absolute atomic E-state index is 13.4. The molecule has 0 fully saturated rings. The van der Waals surface area contributed by atoms with Gasteiger partial charge in [-0.15, -0.1) is 0 Å². The van der Waals surface area contributed by atoms with Gasteiger partial charge in [-0.3, -0.25) is 4.79 Å². The molecule has 30 heavy (non-hydrogen) atoms. The minimum atomic E-state index is -3.95. The highest BCUT2D eigenvalue weighted by Gasteiger charge is 2.23. The molecule has 0 radical (unpaired) electrons. The normalized spacial score (nSPS) is 12.2. The maximum atomic E-state index is 13.4. The van der Waals surface area contributed by atoms with Crippen LogP contribution in [0.4, 0.5) is 8.78 Å². The van der Waals surface area contributed by atoms with Crippen molar-refractivity contribution < 1.29 is 22.0 Å². The van der Waals surface area contributed by atoms with E-state index in [0.29, 0.717) is 17.7 Å². The minimum Gasteiger partial charge on any atom is -0.340 e. The van der Waals surface area contributed by atoms with E-state index in [9.17, 15) is 22.0 Å². The van der Waals surface area contributed by atoms with Crippen molar-refractivity contribution in [1.82, 2.24) is 9.55 Å². The largest absolute Gasteiger partial charge is 0.340 e. The zero-order valence-electron chi connectivity index (χ0n) is 16.5. The third-order valence-corrected chi connectivity index (χ3v) is 5.26. The summed E-state index contributed by atoms with van der Waals surface area (Å²) in [5, 5.41) is 4.98. The van der Waals surface area contributed by atoms with Crippen LogP contribution < -0.4 is 5.14 Å². The summed E-state index contributed by atoms with van der Waals surface area (Å²) in [5.41, 5.74) is 3.02. The van der Waals surface area contributed by atoms with Crippen LogP contribution in [0.2, 0.25) is 0 Å². The Morgan fingerprint density at radius 1 is 1.17 bits per heavy atom. The Morgan fingerprint density at radius 3 is 2.37 bits per heavy atom. The molecule has 0 bridgehead atoms. The predicted octanol–water partition coefficient (Wildman–Crippen LogP) is 3.26. The Balaban J connectivity index is 1.98. The highest BCUT2D eigenvalue weighted by molar-refractivity contribution is 7.89. The zero-order valence-corrected chi connectivity index (χ0v) is 17.3. The molecule has 1 aromatic heterocycles. The van der Waals surface area contributed by atoms with Crippen molar-refractivity contribution in [2.24, 2.45) is 12.2 Å². The van der Waals surface area contributed by atoms with Gasteiger partial charge < -0.3 is 4.57 Å². The SMILES string of the molecule is Cn1cnc(-c2cc(C(=O)CS(N)(=O)=O)ccc2Cc2ccc(C(C)(F)F)cc2)c1. The number of nitrogens with two attached hydrogens (primary N) is 1. The van der Waals surface area contributed by atoms with E-state index in [2.05, 4.69) is 4.98 Å². The number of sulfonamides is 1. The molecular formula is C21H21F2N3O3S. The van der Waals surface area contributed by atoms with Crippen LogP contribution in [-0.2, 0) is 29.4 Å². The van der Waals surface area contributed by atoms with E-state index < -0.39 is 27.5 Å². The fraction of sp³-hybridized carbons (Fsp3) is 0.238. The molecule has 0 aliphatic carbocycles. The first-order chi connectivity index (χ1) is 13.9. The number of ketones is 1. The van der Waals surface area contributed by atoms with Gasteiger partial charge >= 0.3 is 0 Å². The number of alkyl halides is 2. The molecule has 6 nitrogen and oxygen atoms in total. The fourth-order valence-electron chi connectivity index (χ4n) is 3.10. The van der Waals surface area contributed by atoms with Crippen molar-refractivity contribution >= 4 is 15.8 Å². The Labute approximate surface area is 173 Å². The van der Waals surface area contributed by atoms with Crippen molar-refractivity contribution in [3.8, 4) is 11.3 Å². The van der Waals surface area contributed by atoms with Crippen molar-refractivity contribution in [1.29, 1.82) is 0 Å². The summed E-state index contributed by atoms with van der Waals surface area (Å²) in [6.07, 6.45) is 3.80. The number of hydrogen-bond donors (Lipinski definition) is 1. The molecule has 0 spiro atoms. The maximum Gasteiger partial charge on any atom is 0.270 e. The van der Waals surface area contributed by atoms with E-state index >= 15 is 0 Å². The number of primary sulfonamides is 1. The molecule has 9 heteroatoms. The van der Waals surface area contributed by atoms with Crippen molar-refractivity contribution in [3.05, 3.63) is 77.2 Å². The second kappa shape index (κ2) is 8.08. The smallest absolute Gasteiger partial charge is 0.270 e. The number of benzene rings is 2. The van der Waals surface area contributed by atoms with Crippen LogP contribution in [0.3, 0.4) is 0 Å². The fourth-order valence-corrected chi connectivity index (χ4v) is 3.63. The van der Waals surface area contributed by atoms with E-state index in [1.165, 1.54) is 18.2 Å². The van der Waals surface area contributed by atoms with Crippen LogP contribution in [-0.4, -0.2) is 29.5 Å². The standard InChI is InChI=1S/C21H21F2N3O3S/c1-21(22,23)17-7-3-14(4-8-17)9-15-5-6-16(20(27)12-30(24,28)29)10-18(15)19-11-26(2)13-25-19/h3-8,10-11,13H,9,12H2,1-2H3,(H2,24,28,29). The second-order valence-corrected chi connectivity index (χ2v) is 8.90. The topological polar surface area (TPSA) is 95.0 Å². The molecule has 0 amide bonds. The first kappa shape index (κ1) is 21.8. The van der Waals surface area contributed by atoms with Gasteiger partial charge in [-0.25, -0.2) is 27.3 Å². The number of carbonyl (C=O) groups is 1. The van der Waals surface area contributed by atoms with E-state index in [1.807, 2.05) is 0 Å². The lowest BCUT2D eigenvalue weighted by Crippen LogP contribution is -2.23. The number of halogens is 2. The van der Waals surface area contributed by atoms with Crippen molar-refractivity contribution in [2.45, 2.75) is 19.3 Å².